The van der Waals surface area contributed by atoms with Crippen molar-refractivity contribution in [1.29, 1.82) is 0 Å². The van der Waals surface area contributed by atoms with Crippen LogP contribution in [0, 0.1) is 0 Å². The van der Waals surface area contributed by atoms with E-state index < -0.39 is 0 Å². The zero-order valence-corrected chi connectivity index (χ0v) is 9.15. The summed E-state index contributed by atoms with van der Waals surface area (Å²) in [4.78, 5) is 4.30. The van der Waals surface area contributed by atoms with Crippen molar-refractivity contribution in [2.45, 2.75) is 28.6 Å². The van der Waals surface area contributed by atoms with Crippen LogP contribution in [0.2, 0.25) is 0 Å². The van der Waals surface area contributed by atoms with Crippen molar-refractivity contribution < 1.29 is 0 Å². The quantitative estimate of drug-likeness (QED) is 0.710. The minimum absolute atomic E-state index is 0.595. The molecule has 0 aliphatic heterocycles. The number of nitrogens with zero attached hydrogens (tertiary/aromatic N) is 2. The maximum atomic E-state index is 4.30. The molecule has 1 rings (SSSR count). The van der Waals surface area contributed by atoms with Crippen LogP contribution in [-0.4, -0.2) is 20.9 Å². The summed E-state index contributed by atoms with van der Waals surface area (Å²) in [5, 5.41) is 1.48. The molecule has 0 fully saturated rings. The van der Waals surface area contributed by atoms with Gasteiger partial charge >= 0.3 is 0 Å². The van der Waals surface area contributed by atoms with Gasteiger partial charge in [0.2, 0.25) is 5.16 Å². The lowest BCUT2D eigenvalue weighted by atomic mass is 10.6. The Balaban J connectivity index is 2.58. The zero-order valence-electron chi connectivity index (χ0n) is 6.70. The van der Waals surface area contributed by atoms with Crippen LogP contribution in [0.15, 0.2) is 9.50 Å². The molecule has 0 atom stereocenters. The highest BCUT2D eigenvalue weighted by Crippen LogP contribution is 2.26. The second kappa shape index (κ2) is 4.33. The molecule has 0 aliphatic carbocycles. The average molecular weight is 206 g/mol. The molecule has 0 spiro atoms. The van der Waals surface area contributed by atoms with Crippen molar-refractivity contribution in [3.63, 3.8) is 0 Å². The molecule has 0 bridgehead atoms. The average Bonchev–Trinajstić information content (AvgIpc) is 2.34. The molecule has 11 heavy (non-hydrogen) atoms. The molecule has 0 unspecified atom stereocenters. The van der Waals surface area contributed by atoms with Gasteiger partial charge in [0.05, 0.1) is 0 Å². The predicted octanol–water partition coefficient (Wildman–Crippen LogP) is 2.76. The molecule has 1 heterocycles. The Kier molecular flexibility index (Phi) is 3.68. The largest absolute Gasteiger partial charge is 0.203 e. The number of aromatic nitrogens is 2. The van der Waals surface area contributed by atoms with Crippen LogP contribution in [0.25, 0.3) is 0 Å². The fourth-order valence-electron chi connectivity index (χ4n) is 0.529. The molecular formula is C6H10N2S3. The highest BCUT2D eigenvalue weighted by Gasteiger charge is 2.04. The van der Waals surface area contributed by atoms with Crippen LogP contribution in [-0.2, 0) is 0 Å². The lowest BCUT2D eigenvalue weighted by Crippen LogP contribution is -1.84. The second-order valence-electron chi connectivity index (χ2n) is 2.21. The second-order valence-corrected chi connectivity index (χ2v) is 5.56. The van der Waals surface area contributed by atoms with E-state index in [0.717, 1.165) is 9.50 Å². The summed E-state index contributed by atoms with van der Waals surface area (Å²) in [7, 11) is 0. The maximum absolute atomic E-state index is 4.30. The Labute approximate surface area is 79.4 Å². The van der Waals surface area contributed by atoms with Gasteiger partial charge in [0.1, 0.15) is 0 Å². The molecule has 1 aromatic rings. The molecule has 0 aromatic carbocycles. The van der Waals surface area contributed by atoms with Gasteiger partial charge in [0, 0.05) is 5.25 Å². The van der Waals surface area contributed by atoms with Crippen molar-refractivity contribution in [1.82, 2.24) is 9.36 Å². The summed E-state index contributed by atoms with van der Waals surface area (Å²) in [6.45, 7) is 4.32. The van der Waals surface area contributed by atoms with Crippen LogP contribution in [0.4, 0.5) is 0 Å². The molecular weight excluding hydrogens is 196 g/mol. The van der Waals surface area contributed by atoms with Crippen molar-refractivity contribution in [2.75, 3.05) is 6.26 Å². The van der Waals surface area contributed by atoms with Gasteiger partial charge in [0.15, 0.2) is 4.34 Å². The Morgan fingerprint density at radius 2 is 2.18 bits per heavy atom. The van der Waals surface area contributed by atoms with Gasteiger partial charge in [-0.15, -0.1) is 0 Å². The van der Waals surface area contributed by atoms with Gasteiger partial charge in [0.25, 0.3) is 0 Å². The molecule has 2 nitrogen and oxygen atoms in total. The molecule has 0 N–H and O–H groups in total. The lowest BCUT2D eigenvalue weighted by molar-refractivity contribution is 1.01. The van der Waals surface area contributed by atoms with E-state index in [0.29, 0.717) is 5.25 Å². The first-order chi connectivity index (χ1) is 5.22. The first-order valence-electron chi connectivity index (χ1n) is 3.26. The van der Waals surface area contributed by atoms with Crippen molar-refractivity contribution >= 4 is 35.1 Å². The van der Waals surface area contributed by atoms with Crippen molar-refractivity contribution in [3.05, 3.63) is 0 Å². The van der Waals surface area contributed by atoms with Crippen LogP contribution < -0.4 is 0 Å². The Morgan fingerprint density at radius 3 is 2.64 bits per heavy atom. The van der Waals surface area contributed by atoms with E-state index in [4.69, 9.17) is 0 Å². The lowest BCUT2D eigenvalue weighted by Gasteiger charge is -1.96. The van der Waals surface area contributed by atoms with E-state index in [9.17, 15) is 0 Å². The fraction of sp³-hybridized carbons (Fsp3) is 0.667. The van der Waals surface area contributed by atoms with Gasteiger partial charge in [-0.05, 0) is 17.8 Å². The Bertz CT molecular complexity index is 221. The van der Waals surface area contributed by atoms with E-state index in [1.165, 1.54) is 11.5 Å². The summed E-state index contributed by atoms with van der Waals surface area (Å²) in [6.07, 6.45) is 1.99. The standard InChI is InChI=1S/C6H10N2S3/c1-4(2)10-6-7-5(9-3)8-11-6/h4H,1-3H3. The summed E-state index contributed by atoms with van der Waals surface area (Å²) in [6, 6.07) is 0. The van der Waals surface area contributed by atoms with Crippen molar-refractivity contribution in [2.24, 2.45) is 0 Å². The topological polar surface area (TPSA) is 25.8 Å². The smallest absolute Gasteiger partial charge is 0.200 e. The monoisotopic (exact) mass is 206 g/mol. The van der Waals surface area contributed by atoms with E-state index >= 15 is 0 Å². The van der Waals surface area contributed by atoms with Gasteiger partial charge in [-0.25, -0.2) is 4.98 Å². The molecule has 0 amide bonds. The summed E-state index contributed by atoms with van der Waals surface area (Å²) in [5.74, 6) is 0. The highest BCUT2D eigenvalue weighted by molar-refractivity contribution is 8.01. The first kappa shape index (κ1) is 9.35. The molecule has 1 aromatic heterocycles. The SMILES string of the molecule is CSc1nsc(SC(C)C)n1. The molecule has 0 aliphatic rings. The van der Waals surface area contributed by atoms with Gasteiger partial charge < -0.3 is 0 Å². The van der Waals surface area contributed by atoms with Crippen LogP contribution in [0.3, 0.4) is 0 Å². The van der Waals surface area contributed by atoms with Gasteiger partial charge in [-0.2, -0.15) is 4.37 Å². The van der Waals surface area contributed by atoms with Gasteiger partial charge in [-0.1, -0.05) is 37.4 Å². The van der Waals surface area contributed by atoms with Gasteiger partial charge in [-0.3, -0.25) is 0 Å². The first-order valence-corrected chi connectivity index (χ1v) is 6.14. The number of rotatable bonds is 3. The molecule has 0 saturated heterocycles. The molecule has 62 valence electrons. The van der Waals surface area contributed by atoms with Crippen LogP contribution >= 0.6 is 35.1 Å². The minimum Gasteiger partial charge on any atom is -0.203 e. The normalized spacial score (nSPS) is 10.9. The molecule has 0 saturated carbocycles. The summed E-state index contributed by atoms with van der Waals surface area (Å²) < 4.78 is 5.23. The summed E-state index contributed by atoms with van der Waals surface area (Å²) in [5.41, 5.74) is 0. The van der Waals surface area contributed by atoms with E-state index in [1.807, 2.05) is 6.26 Å². The number of hydrogen-bond donors (Lipinski definition) is 0. The third kappa shape index (κ3) is 3.01. The number of hydrogen-bond acceptors (Lipinski definition) is 5. The van der Waals surface area contributed by atoms with Crippen LogP contribution in [0.5, 0.6) is 0 Å². The third-order valence-corrected chi connectivity index (χ3v) is 3.36. The van der Waals surface area contributed by atoms with E-state index in [1.54, 1.807) is 23.5 Å². The van der Waals surface area contributed by atoms with E-state index in [-0.39, 0.29) is 0 Å². The van der Waals surface area contributed by atoms with Crippen LogP contribution in [0.1, 0.15) is 13.8 Å². The Hall–Kier alpha value is 0.260. The van der Waals surface area contributed by atoms with E-state index in [2.05, 4.69) is 23.2 Å². The van der Waals surface area contributed by atoms with Crippen molar-refractivity contribution in [3.8, 4) is 0 Å². The maximum Gasteiger partial charge on any atom is 0.200 e. The third-order valence-electron chi connectivity index (χ3n) is 0.908. The molecule has 5 heteroatoms. The highest BCUT2D eigenvalue weighted by atomic mass is 32.2. The summed E-state index contributed by atoms with van der Waals surface area (Å²) >= 11 is 4.84. The fourth-order valence-corrected chi connectivity index (χ4v) is 2.97. The predicted molar refractivity (Wildman–Crippen MR) is 52.7 cm³/mol. The molecule has 0 radical (unpaired) electrons. The number of thioether (sulfide) groups is 2. The zero-order chi connectivity index (χ0) is 8.27. The minimum atomic E-state index is 0.595. The Morgan fingerprint density at radius 1 is 1.45 bits per heavy atom.